The Hall–Kier alpha value is -1.89. The van der Waals surface area contributed by atoms with Crippen LogP contribution in [0.25, 0.3) is 4.85 Å². The summed E-state index contributed by atoms with van der Waals surface area (Å²) >= 11 is 0. The van der Waals surface area contributed by atoms with Gasteiger partial charge < -0.3 is 4.90 Å². The van der Waals surface area contributed by atoms with Crippen molar-refractivity contribution in [1.29, 1.82) is 0 Å². The Balaban J connectivity index is 2.93. The maximum atomic E-state index is 10.9. The van der Waals surface area contributed by atoms with Crippen LogP contribution >= 0.6 is 0 Å². The van der Waals surface area contributed by atoms with Gasteiger partial charge in [0.05, 0.1) is 6.57 Å². The third-order valence-corrected chi connectivity index (χ3v) is 1.68. The summed E-state index contributed by atoms with van der Waals surface area (Å²) < 4.78 is 0. The Morgan fingerprint density at radius 2 is 2.31 bits per heavy atom. The smallest absolute Gasteiger partial charge is 0.224 e. The first-order chi connectivity index (χ1) is 6.15. The fourth-order valence-electron chi connectivity index (χ4n) is 0.804. The summed E-state index contributed by atoms with van der Waals surface area (Å²) in [5, 5.41) is 0. The van der Waals surface area contributed by atoms with E-state index in [4.69, 9.17) is 6.57 Å². The third-order valence-electron chi connectivity index (χ3n) is 1.68. The molecule has 0 aliphatic heterocycles. The number of anilines is 1. The van der Waals surface area contributed by atoms with E-state index in [-0.39, 0.29) is 5.91 Å². The molecule has 0 unspecified atom stereocenters. The van der Waals surface area contributed by atoms with Crippen molar-refractivity contribution in [2.75, 3.05) is 11.9 Å². The number of hydrogen-bond donors (Lipinski definition) is 0. The molecule has 0 aliphatic carbocycles. The monoisotopic (exact) mass is 175 g/mol. The van der Waals surface area contributed by atoms with E-state index >= 15 is 0 Å². The molecule has 0 bridgehead atoms. The van der Waals surface area contributed by atoms with Gasteiger partial charge in [-0.2, -0.15) is 0 Å². The number of aromatic nitrogens is 1. The lowest BCUT2D eigenvalue weighted by Crippen LogP contribution is -2.23. The Kier molecular flexibility index (Phi) is 2.60. The van der Waals surface area contributed by atoms with Gasteiger partial charge in [0.25, 0.3) is 0 Å². The van der Waals surface area contributed by atoms with Gasteiger partial charge in [-0.1, -0.05) is 6.07 Å². The standard InChI is InChI=1S/C9H9N3O/c1-7(13)12(3)9-5-4-8(10-2)6-11-9/h4-6H,1,3H3. The van der Waals surface area contributed by atoms with Gasteiger partial charge in [0.1, 0.15) is 5.82 Å². The highest BCUT2D eigenvalue weighted by Crippen LogP contribution is 2.14. The van der Waals surface area contributed by atoms with Crippen molar-refractivity contribution in [2.24, 2.45) is 0 Å². The van der Waals surface area contributed by atoms with E-state index in [1.807, 2.05) is 0 Å². The first-order valence-electron chi connectivity index (χ1n) is 3.73. The fraction of sp³-hybridized carbons (Fsp3) is 0.222. The Morgan fingerprint density at radius 3 is 2.69 bits per heavy atom. The highest BCUT2D eigenvalue weighted by molar-refractivity contribution is 5.89. The third kappa shape index (κ3) is 2.03. The number of carbonyl (C=O) groups is 1. The van der Waals surface area contributed by atoms with Gasteiger partial charge in [-0.3, -0.25) is 9.78 Å². The first kappa shape index (κ1) is 9.20. The zero-order valence-corrected chi connectivity index (χ0v) is 7.48. The minimum atomic E-state index is -0.0805. The van der Waals surface area contributed by atoms with E-state index in [0.717, 1.165) is 0 Å². The molecule has 1 heterocycles. The van der Waals surface area contributed by atoms with Crippen molar-refractivity contribution >= 4 is 17.4 Å². The van der Waals surface area contributed by atoms with E-state index in [9.17, 15) is 4.79 Å². The molecule has 1 aromatic heterocycles. The summed E-state index contributed by atoms with van der Waals surface area (Å²) in [6.45, 7) is 8.17. The topological polar surface area (TPSA) is 37.6 Å². The molecular formula is C9H9N3O. The van der Waals surface area contributed by atoms with Crippen LogP contribution in [-0.2, 0) is 4.79 Å². The van der Waals surface area contributed by atoms with Crippen LogP contribution < -0.4 is 4.90 Å². The summed E-state index contributed by atoms with van der Waals surface area (Å²) in [5.41, 5.74) is 0.473. The predicted molar refractivity (Wildman–Crippen MR) is 49.6 cm³/mol. The quantitative estimate of drug-likeness (QED) is 0.608. The summed E-state index contributed by atoms with van der Waals surface area (Å²) in [4.78, 5) is 19.5. The van der Waals surface area contributed by atoms with Crippen LogP contribution in [0.5, 0.6) is 0 Å². The molecule has 0 spiro atoms. The molecule has 1 rings (SSSR count). The SMILES string of the molecule is [C-]#[N+]c1ccc(N(C)C(C)=O)nc1. The molecule has 1 amide bonds. The number of pyridine rings is 1. The van der Waals surface area contributed by atoms with Gasteiger partial charge in [-0.15, -0.1) is 0 Å². The van der Waals surface area contributed by atoms with E-state index in [2.05, 4.69) is 9.83 Å². The van der Waals surface area contributed by atoms with Crippen molar-refractivity contribution in [3.05, 3.63) is 29.7 Å². The molecule has 0 aromatic carbocycles. The van der Waals surface area contributed by atoms with Crippen LogP contribution in [0.3, 0.4) is 0 Å². The minimum Gasteiger partial charge on any atom is -0.300 e. The molecule has 0 N–H and O–H groups in total. The normalized spacial score (nSPS) is 9.00. The van der Waals surface area contributed by atoms with Crippen molar-refractivity contribution in [3.63, 3.8) is 0 Å². The minimum absolute atomic E-state index is 0.0805. The highest BCUT2D eigenvalue weighted by Gasteiger charge is 2.05. The van der Waals surface area contributed by atoms with E-state index in [0.29, 0.717) is 11.5 Å². The zero-order chi connectivity index (χ0) is 9.84. The number of amides is 1. The molecule has 1 aromatic rings. The number of hydrogen-bond acceptors (Lipinski definition) is 2. The lowest BCUT2D eigenvalue weighted by Gasteiger charge is -2.12. The van der Waals surface area contributed by atoms with Gasteiger partial charge in [-0.05, 0) is 6.07 Å². The largest absolute Gasteiger partial charge is 0.300 e. The molecule has 0 fully saturated rings. The number of rotatable bonds is 1. The van der Waals surface area contributed by atoms with E-state index in [1.165, 1.54) is 18.0 Å². The van der Waals surface area contributed by atoms with Crippen LogP contribution in [0.15, 0.2) is 18.3 Å². The summed E-state index contributed by atoms with van der Waals surface area (Å²) in [7, 11) is 1.64. The van der Waals surface area contributed by atoms with Crippen LogP contribution in [0.2, 0.25) is 0 Å². The molecule has 0 radical (unpaired) electrons. The van der Waals surface area contributed by atoms with Crippen LogP contribution in [0, 0.1) is 6.57 Å². The molecule has 4 nitrogen and oxygen atoms in total. The molecular weight excluding hydrogens is 166 g/mol. The summed E-state index contributed by atoms with van der Waals surface area (Å²) in [6.07, 6.45) is 1.45. The van der Waals surface area contributed by atoms with Crippen molar-refractivity contribution in [2.45, 2.75) is 6.92 Å². The predicted octanol–water partition coefficient (Wildman–Crippen LogP) is 1.62. The van der Waals surface area contributed by atoms with Gasteiger partial charge in [0, 0.05) is 20.2 Å². The highest BCUT2D eigenvalue weighted by atomic mass is 16.2. The maximum Gasteiger partial charge on any atom is 0.224 e. The lowest BCUT2D eigenvalue weighted by molar-refractivity contribution is -0.116. The Morgan fingerprint density at radius 1 is 1.62 bits per heavy atom. The van der Waals surface area contributed by atoms with Gasteiger partial charge in [-0.25, -0.2) is 4.85 Å². The lowest BCUT2D eigenvalue weighted by atomic mass is 10.4. The molecule has 13 heavy (non-hydrogen) atoms. The Labute approximate surface area is 76.6 Å². The van der Waals surface area contributed by atoms with Crippen molar-refractivity contribution < 1.29 is 4.79 Å². The average molecular weight is 175 g/mol. The molecule has 4 heteroatoms. The average Bonchev–Trinajstić information content (AvgIpc) is 2.17. The number of nitrogens with zero attached hydrogens (tertiary/aromatic N) is 3. The first-order valence-corrected chi connectivity index (χ1v) is 3.73. The van der Waals surface area contributed by atoms with Gasteiger partial charge in [0.15, 0.2) is 0 Å². The maximum absolute atomic E-state index is 10.9. The van der Waals surface area contributed by atoms with Gasteiger partial charge in [0.2, 0.25) is 11.6 Å². The summed E-state index contributed by atoms with van der Waals surface area (Å²) in [5.74, 6) is 0.475. The molecule has 0 saturated carbocycles. The van der Waals surface area contributed by atoms with Crippen LogP contribution in [-0.4, -0.2) is 17.9 Å². The van der Waals surface area contributed by atoms with Crippen LogP contribution in [0.4, 0.5) is 11.5 Å². The molecule has 0 aliphatic rings. The fourth-order valence-corrected chi connectivity index (χ4v) is 0.804. The summed E-state index contributed by atoms with van der Waals surface area (Å²) in [6, 6.07) is 3.28. The van der Waals surface area contributed by atoms with Crippen molar-refractivity contribution in [3.8, 4) is 0 Å². The van der Waals surface area contributed by atoms with Crippen molar-refractivity contribution in [1.82, 2.24) is 4.98 Å². The van der Waals surface area contributed by atoms with E-state index < -0.39 is 0 Å². The Bertz CT molecular complexity index is 350. The second-order valence-electron chi connectivity index (χ2n) is 2.56. The van der Waals surface area contributed by atoms with E-state index in [1.54, 1.807) is 19.2 Å². The second kappa shape index (κ2) is 3.68. The second-order valence-corrected chi connectivity index (χ2v) is 2.56. The molecule has 66 valence electrons. The molecule has 0 saturated heterocycles. The number of carbonyl (C=O) groups excluding carboxylic acids is 1. The van der Waals surface area contributed by atoms with Crippen LogP contribution in [0.1, 0.15) is 6.92 Å². The van der Waals surface area contributed by atoms with Gasteiger partial charge >= 0.3 is 0 Å². The molecule has 0 atom stereocenters. The zero-order valence-electron chi connectivity index (χ0n) is 7.48.